The first-order valence-corrected chi connectivity index (χ1v) is 8.05. The number of amides is 1. The van der Waals surface area contributed by atoms with Crippen molar-refractivity contribution in [2.24, 2.45) is 5.92 Å². The molecule has 0 spiro atoms. The van der Waals surface area contributed by atoms with E-state index in [1.807, 2.05) is 26.0 Å². The molecule has 0 saturated heterocycles. The summed E-state index contributed by atoms with van der Waals surface area (Å²) in [6, 6.07) is 7.35. The van der Waals surface area contributed by atoms with Crippen LogP contribution < -0.4 is 0 Å². The Balaban J connectivity index is 1.87. The molecule has 0 fully saturated rings. The molecule has 0 bridgehead atoms. The molecule has 0 aliphatic carbocycles. The van der Waals surface area contributed by atoms with Gasteiger partial charge >= 0.3 is 0 Å². The third-order valence-corrected chi connectivity index (χ3v) is 4.39. The fourth-order valence-electron chi connectivity index (χ4n) is 2.70. The summed E-state index contributed by atoms with van der Waals surface area (Å²) in [4.78, 5) is 14.0. The molecule has 1 N–H and O–H groups in total. The number of nitrogens with zero attached hydrogens (tertiary/aromatic N) is 2. The molecule has 2 heterocycles. The van der Waals surface area contributed by atoms with E-state index < -0.39 is 6.10 Å². The van der Waals surface area contributed by atoms with Gasteiger partial charge in [-0.3, -0.25) is 4.79 Å². The van der Waals surface area contributed by atoms with Gasteiger partial charge in [-0.2, -0.15) is 0 Å². The number of fused-ring (bicyclic) bond motifs is 1. The molecule has 2 aromatic rings. The highest BCUT2D eigenvalue weighted by Crippen LogP contribution is 2.31. The number of hydrogen-bond donors (Lipinski definition) is 1. The maximum absolute atomic E-state index is 12.4. The zero-order valence-electron chi connectivity index (χ0n) is 13.1. The van der Waals surface area contributed by atoms with Gasteiger partial charge in [0.05, 0.1) is 6.54 Å². The number of carbonyl (C=O) groups excluding carboxylic acids is 1. The SMILES string of the molecule is CC(C)[C@H](O)C(=O)N1CCc2onc(-c3ccc(Cl)cc3)c2C1. The summed E-state index contributed by atoms with van der Waals surface area (Å²) in [7, 11) is 0. The number of halogens is 1. The number of benzene rings is 1. The molecule has 5 nitrogen and oxygen atoms in total. The molecule has 1 atom stereocenters. The van der Waals surface area contributed by atoms with Crippen LogP contribution >= 0.6 is 11.6 Å². The van der Waals surface area contributed by atoms with Crippen LogP contribution in [0.25, 0.3) is 11.3 Å². The fraction of sp³-hybridized carbons (Fsp3) is 0.412. The minimum Gasteiger partial charge on any atom is -0.383 e. The predicted octanol–water partition coefficient (Wildman–Crippen LogP) is 2.90. The van der Waals surface area contributed by atoms with Gasteiger partial charge in [-0.1, -0.05) is 42.7 Å². The summed E-state index contributed by atoms with van der Waals surface area (Å²) in [5, 5.41) is 14.8. The molecule has 122 valence electrons. The van der Waals surface area contributed by atoms with Crippen LogP contribution in [-0.2, 0) is 17.8 Å². The second-order valence-corrected chi connectivity index (χ2v) is 6.57. The Labute approximate surface area is 139 Å². The standard InChI is InChI=1S/C17H19ClN2O3/c1-10(2)16(21)17(22)20-8-7-14-13(9-20)15(19-23-14)11-3-5-12(18)6-4-11/h3-6,10,16,21H,7-9H2,1-2H3/t16-/m0/s1. The highest BCUT2D eigenvalue weighted by atomic mass is 35.5. The molecule has 3 rings (SSSR count). The highest BCUT2D eigenvalue weighted by molar-refractivity contribution is 6.30. The van der Waals surface area contributed by atoms with E-state index in [-0.39, 0.29) is 11.8 Å². The van der Waals surface area contributed by atoms with Crippen LogP contribution in [0.1, 0.15) is 25.2 Å². The Morgan fingerprint density at radius 3 is 2.70 bits per heavy atom. The fourth-order valence-corrected chi connectivity index (χ4v) is 2.83. The molecule has 23 heavy (non-hydrogen) atoms. The summed E-state index contributed by atoms with van der Waals surface area (Å²) in [5.41, 5.74) is 2.54. The molecule has 1 aliphatic heterocycles. The minimum atomic E-state index is -0.976. The monoisotopic (exact) mass is 334 g/mol. The lowest BCUT2D eigenvalue weighted by atomic mass is 9.99. The van der Waals surface area contributed by atoms with Crippen molar-refractivity contribution in [1.29, 1.82) is 0 Å². The van der Waals surface area contributed by atoms with Crippen molar-refractivity contribution in [3.8, 4) is 11.3 Å². The van der Waals surface area contributed by atoms with Gasteiger partial charge in [0.15, 0.2) is 0 Å². The topological polar surface area (TPSA) is 66.6 Å². The number of aromatic nitrogens is 1. The van der Waals surface area contributed by atoms with Crippen molar-refractivity contribution in [2.45, 2.75) is 32.9 Å². The number of hydrogen-bond acceptors (Lipinski definition) is 4. The van der Waals surface area contributed by atoms with Crippen LogP contribution in [0.5, 0.6) is 0 Å². The van der Waals surface area contributed by atoms with Crippen LogP contribution in [0.4, 0.5) is 0 Å². The van der Waals surface area contributed by atoms with Crippen molar-refractivity contribution in [3.63, 3.8) is 0 Å². The molecule has 0 unspecified atom stereocenters. The van der Waals surface area contributed by atoms with Gasteiger partial charge in [-0.05, 0) is 18.1 Å². The first kappa shape index (κ1) is 16.0. The van der Waals surface area contributed by atoms with Crippen molar-refractivity contribution in [2.75, 3.05) is 6.54 Å². The van der Waals surface area contributed by atoms with Gasteiger partial charge in [-0.25, -0.2) is 0 Å². The van der Waals surface area contributed by atoms with E-state index >= 15 is 0 Å². The van der Waals surface area contributed by atoms with E-state index in [1.54, 1.807) is 17.0 Å². The number of rotatable bonds is 3. The van der Waals surface area contributed by atoms with E-state index in [1.165, 1.54) is 0 Å². The Kier molecular flexibility index (Phi) is 4.41. The van der Waals surface area contributed by atoms with E-state index in [0.717, 1.165) is 22.6 Å². The van der Waals surface area contributed by atoms with Crippen molar-refractivity contribution >= 4 is 17.5 Å². The van der Waals surface area contributed by atoms with Gasteiger partial charge < -0.3 is 14.5 Å². The quantitative estimate of drug-likeness (QED) is 0.937. The first-order valence-electron chi connectivity index (χ1n) is 7.67. The second kappa shape index (κ2) is 6.34. The van der Waals surface area contributed by atoms with Gasteiger partial charge in [0.1, 0.15) is 17.6 Å². The van der Waals surface area contributed by atoms with E-state index in [4.69, 9.17) is 16.1 Å². The molecular formula is C17H19ClN2O3. The lowest BCUT2D eigenvalue weighted by molar-refractivity contribution is -0.143. The first-order chi connectivity index (χ1) is 11.0. The maximum Gasteiger partial charge on any atom is 0.251 e. The Bertz CT molecular complexity index is 709. The van der Waals surface area contributed by atoms with Crippen LogP contribution in [-0.4, -0.2) is 33.7 Å². The molecule has 1 aromatic carbocycles. The van der Waals surface area contributed by atoms with Crippen molar-refractivity contribution < 1.29 is 14.4 Å². The van der Waals surface area contributed by atoms with Crippen molar-refractivity contribution in [3.05, 3.63) is 40.6 Å². The van der Waals surface area contributed by atoms with Crippen molar-refractivity contribution in [1.82, 2.24) is 10.1 Å². The molecule has 1 aromatic heterocycles. The summed E-state index contributed by atoms with van der Waals surface area (Å²) in [6.07, 6.45) is -0.373. The van der Waals surface area contributed by atoms with E-state index in [0.29, 0.717) is 24.5 Å². The smallest absolute Gasteiger partial charge is 0.251 e. The Hall–Kier alpha value is -1.85. The molecule has 1 aliphatic rings. The number of aliphatic hydroxyl groups is 1. The molecular weight excluding hydrogens is 316 g/mol. The lowest BCUT2D eigenvalue weighted by Gasteiger charge is -2.29. The van der Waals surface area contributed by atoms with Gasteiger partial charge in [0.2, 0.25) is 0 Å². The second-order valence-electron chi connectivity index (χ2n) is 6.14. The normalized spacial score (nSPS) is 15.6. The number of carbonyl (C=O) groups is 1. The number of aliphatic hydroxyl groups excluding tert-OH is 1. The van der Waals surface area contributed by atoms with Crippen LogP contribution in [0.3, 0.4) is 0 Å². The lowest BCUT2D eigenvalue weighted by Crippen LogP contribution is -2.43. The van der Waals surface area contributed by atoms with Crippen LogP contribution in [0.15, 0.2) is 28.8 Å². The minimum absolute atomic E-state index is 0.109. The van der Waals surface area contributed by atoms with Gasteiger partial charge in [0.25, 0.3) is 5.91 Å². The third-order valence-electron chi connectivity index (χ3n) is 4.14. The molecule has 1 amide bonds. The molecule has 0 saturated carbocycles. The maximum atomic E-state index is 12.4. The Morgan fingerprint density at radius 1 is 1.35 bits per heavy atom. The summed E-state index contributed by atoms with van der Waals surface area (Å²) in [5.74, 6) is 0.453. The zero-order valence-corrected chi connectivity index (χ0v) is 13.9. The average Bonchev–Trinajstić information content (AvgIpc) is 2.97. The summed E-state index contributed by atoms with van der Waals surface area (Å²) < 4.78 is 5.42. The largest absolute Gasteiger partial charge is 0.383 e. The van der Waals surface area contributed by atoms with E-state index in [2.05, 4.69) is 5.16 Å². The summed E-state index contributed by atoms with van der Waals surface area (Å²) in [6.45, 7) is 4.59. The third kappa shape index (κ3) is 3.12. The molecule has 0 radical (unpaired) electrons. The van der Waals surface area contributed by atoms with E-state index in [9.17, 15) is 9.90 Å². The van der Waals surface area contributed by atoms with Gasteiger partial charge in [-0.15, -0.1) is 0 Å². The van der Waals surface area contributed by atoms with Gasteiger partial charge in [0, 0.05) is 29.1 Å². The average molecular weight is 335 g/mol. The Morgan fingerprint density at radius 2 is 2.04 bits per heavy atom. The van der Waals surface area contributed by atoms with Crippen LogP contribution in [0, 0.1) is 5.92 Å². The molecule has 6 heteroatoms. The summed E-state index contributed by atoms with van der Waals surface area (Å²) >= 11 is 5.92. The van der Waals surface area contributed by atoms with Crippen LogP contribution in [0.2, 0.25) is 5.02 Å². The highest BCUT2D eigenvalue weighted by Gasteiger charge is 2.31. The zero-order chi connectivity index (χ0) is 16.6. The predicted molar refractivity (Wildman–Crippen MR) is 86.9 cm³/mol.